The molecule has 2 aromatic carbocycles. The van der Waals surface area contributed by atoms with E-state index in [1.54, 1.807) is 28.8 Å². The Labute approximate surface area is 224 Å². The largest absolute Gasteiger partial charge is 0.477 e. The third-order valence-corrected chi connectivity index (χ3v) is 7.49. The SMILES string of the molecule is CC(Cc1ccc2c(c1)cc(C(=O)O)n2Cc1ccc(S(N)(=O)=O)cc1)NCC(O)c1cnc(N)c(Cl)c1. The summed E-state index contributed by atoms with van der Waals surface area (Å²) in [5, 5.41) is 29.8. The van der Waals surface area contributed by atoms with Crippen molar-refractivity contribution in [3.8, 4) is 0 Å². The van der Waals surface area contributed by atoms with Gasteiger partial charge in [0.2, 0.25) is 10.0 Å². The first-order valence-corrected chi connectivity index (χ1v) is 13.6. The molecule has 0 aliphatic heterocycles. The van der Waals surface area contributed by atoms with Crippen LogP contribution in [0.3, 0.4) is 0 Å². The molecular formula is C26H28ClN5O5S. The van der Waals surface area contributed by atoms with E-state index in [4.69, 9.17) is 22.5 Å². The number of aromatic nitrogens is 2. The van der Waals surface area contributed by atoms with E-state index in [2.05, 4.69) is 10.3 Å². The first-order valence-electron chi connectivity index (χ1n) is 11.7. The van der Waals surface area contributed by atoms with Crippen molar-refractivity contribution in [1.82, 2.24) is 14.9 Å². The number of hydrogen-bond acceptors (Lipinski definition) is 7. The normalized spacial score (nSPS) is 13.5. The number of hydrogen-bond donors (Lipinski definition) is 5. The molecule has 0 saturated heterocycles. The topological polar surface area (TPSA) is 174 Å². The van der Waals surface area contributed by atoms with Gasteiger partial charge in [0.05, 0.1) is 16.0 Å². The Morgan fingerprint density at radius 1 is 1.13 bits per heavy atom. The van der Waals surface area contributed by atoms with Crippen molar-refractivity contribution in [2.24, 2.45) is 5.14 Å². The third-order valence-electron chi connectivity index (χ3n) is 6.25. The van der Waals surface area contributed by atoms with Crippen molar-refractivity contribution in [2.45, 2.75) is 36.9 Å². The number of carboxylic acids is 1. The van der Waals surface area contributed by atoms with E-state index in [-0.39, 0.29) is 40.6 Å². The van der Waals surface area contributed by atoms with Crippen LogP contribution < -0.4 is 16.2 Å². The number of aliphatic hydroxyl groups excluding tert-OH is 1. The van der Waals surface area contributed by atoms with Crippen molar-refractivity contribution in [1.29, 1.82) is 0 Å². The number of aromatic carboxylic acids is 1. The molecule has 7 N–H and O–H groups in total. The Kier molecular flexibility index (Phi) is 8.05. The zero-order valence-corrected chi connectivity index (χ0v) is 22.1. The number of nitrogens with zero attached hydrogens (tertiary/aromatic N) is 2. The minimum atomic E-state index is -3.81. The van der Waals surface area contributed by atoms with Gasteiger partial charge in [-0.25, -0.2) is 23.3 Å². The zero-order chi connectivity index (χ0) is 27.6. The van der Waals surface area contributed by atoms with E-state index in [1.165, 1.54) is 18.3 Å². The lowest BCUT2D eigenvalue weighted by molar-refractivity contribution is 0.0686. The highest BCUT2D eigenvalue weighted by molar-refractivity contribution is 7.89. The monoisotopic (exact) mass is 557 g/mol. The lowest BCUT2D eigenvalue weighted by Crippen LogP contribution is -2.32. The fourth-order valence-electron chi connectivity index (χ4n) is 4.26. The molecule has 200 valence electrons. The number of nitrogens with two attached hydrogens (primary N) is 2. The number of carbonyl (C=O) groups is 1. The molecule has 0 amide bonds. The van der Waals surface area contributed by atoms with Crippen LogP contribution in [0.25, 0.3) is 10.9 Å². The average molecular weight is 558 g/mol. The Hall–Kier alpha value is -3.48. The predicted octanol–water partition coefficient (Wildman–Crippen LogP) is 2.92. The van der Waals surface area contributed by atoms with Gasteiger partial charge >= 0.3 is 5.97 Å². The number of anilines is 1. The molecule has 2 heterocycles. The van der Waals surface area contributed by atoms with Gasteiger partial charge in [-0.1, -0.05) is 29.8 Å². The van der Waals surface area contributed by atoms with Crippen molar-refractivity contribution in [2.75, 3.05) is 12.3 Å². The Balaban J connectivity index is 1.48. The molecule has 2 unspecified atom stereocenters. The fraction of sp³-hybridized carbons (Fsp3) is 0.231. The van der Waals surface area contributed by atoms with Crippen molar-refractivity contribution < 1.29 is 23.4 Å². The van der Waals surface area contributed by atoms with Gasteiger partial charge in [-0.2, -0.15) is 0 Å². The molecular weight excluding hydrogens is 530 g/mol. The van der Waals surface area contributed by atoms with Gasteiger partial charge in [-0.05, 0) is 60.9 Å². The maximum atomic E-state index is 12.0. The van der Waals surface area contributed by atoms with E-state index in [1.807, 2.05) is 25.1 Å². The second kappa shape index (κ2) is 11.1. The van der Waals surface area contributed by atoms with Crippen LogP contribution in [0.2, 0.25) is 5.02 Å². The van der Waals surface area contributed by atoms with Crippen LogP contribution in [-0.4, -0.2) is 46.7 Å². The van der Waals surface area contributed by atoms with Crippen molar-refractivity contribution >= 4 is 44.3 Å². The molecule has 4 aromatic rings. The van der Waals surface area contributed by atoms with E-state index < -0.39 is 22.1 Å². The smallest absolute Gasteiger partial charge is 0.352 e. The van der Waals surface area contributed by atoms with Crippen LogP contribution in [0.15, 0.2) is 65.7 Å². The standard InChI is InChI=1S/C26H28ClN5O5S/c1-15(30-13-24(33)19-10-21(27)25(28)31-12-19)8-17-4-7-22-18(9-17)11-23(26(34)35)32(22)14-16-2-5-20(6-3-16)38(29,36)37/h2-7,9-12,15,24,30,33H,8,13-14H2,1H3,(H2,28,31)(H,34,35)(H2,29,36,37). The van der Waals surface area contributed by atoms with E-state index in [0.717, 1.165) is 22.0 Å². The van der Waals surface area contributed by atoms with Gasteiger partial charge in [0.15, 0.2) is 0 Å². The van der Waals surface area contributed by atoms with Gasteiger partial charge in [0, 0.05) is 41.8 Å². The zero-order valence-electron chi connectivity index (χ0n) is 20.5. The van der Waals surface area contributed by atoms with Gasteiger partial charge < -0.3 is 25.8 Å². The maximum Gasteiger partial charge on any atom is 0.352 e. The molecule has 0 bridgehead atoms. The minimum absolute atomic E-state index is 0.00843. The number of aliphatic hydroxyl groups is 1. The summed E-state index contributed by atoms with van der Waals surface area (Å²) in [5.74, 6) is -0.857. The van der Waals surface area contributed by atoms with Gasteiger partial charge in [-0.15, -0.1) is 0 Å². The molecule has 0 spiro atoms. The molecule has 38 heavy (non-hydrogen) atoms. The van der Waals surface area contributed by atoms with Crippen molar-refractivity contribution in [3.63, 3.8) is 0 Å². The number of primary sulfonamides is 1. The first kappa shape index (κ1) is 27.6. The van der Waals surface area contributed by atoms with Gasteiger partial charge in [0.1, 0.15) is 11.5 Å². The minimum Gasteiger partial charge on any atom is -0.477 e. The number of pyridine rings is 1. The van der Waals surface area contributed by atoms with Crippen molar-refractivity contribution in [3.05, 3.63) is 88.2 Å². The Morgan fingerprint density at radius 3 is 2.45 bits per heavy atom. The summed E-state index contributed by atoms with van der Waals surface area (Å²) in [6.07, 6.45) is 1.33. The number of halogens is 1. The Morgan fingerprint density at radius 2 is 1.82 bits per heavy atom. The quantitative estimate of drug-likeness (QED) is 0.198. The fourth-order valence-corrected chi connectivity index (χ4v) is 4.95. The summed E-state index contributed by atoms with van der Waals surface area (Å²) in [4.78, 5) is 15.9. The average Bonchev–Trinajstić information content (AvgIpc) is 3.21. The van der Waals surface area contributed by atoms with E-state index >= 15 is 0 Å². The van der Waals surface area contributed by atoms with Crippen LogP contribution >= 0.6 is 11.6 Å². The maximum absolute atomic E-state index is 12.0. The molecule has 2 aromatic heterocycles. The summed E-state index contributed by atoms with van der Waals surface area (Å²) in [6.45, 7) is 2.52. The predicted molar refractivity (Wildman–Crippen MR) is 146 cm³/mol. The third kappa shape index (κ3) is 6.32. The number of fused-ring (bicyclic) bond motifs is 1. The second-order valence-corrected chi connectivity index (χ2v) is 11.1. The number of nitrogen functional groups attached to an aromatic ring is 1. The summed E-state index contributed by atoms with van der Waals surface area (Å²) in [5.41, 5.74) is 8.78. The summed E-state index contributed by atoms with van der Waals surface area (Å²) >= 11 is 5.99. The molecule has 2 atom stereocenters. The highest BCUT2D eigenvalue weighted by atomic mass is 35.5. The molecule has 0 saturated carbocycles. The number of benzene rings is 2. The second-order valence-electron chi connectivity index (χ2n) is 9.17. The molecule has 12 heteroatoms. The van der Waals surface area contributed by atoms with Crippen LogP contribution in [0.4, 0.5) is 5.82 Å². The van der Waals surface area contributed by atoms with E-state index in [0.29, 0.717) is 12.0 Å². The van der Waals surface area contributed by atoms with Crippen LogP contribution in [0.5, 0.6) is 0 Å². The molecule has 10 nitrogen and oxygen atoms in total. The molecule has 0 fully saturated rings. The molecule has 0 aliphatic rings. The Bertz CT molecular complexity index is 1590. The summed E-state index contributed by atoms with van der Waals surface area (Å²) in [6, 6.07) is 15.0. The summed E-state index contributed by atoms with van der Waals surface area (Å²) in [7, 11) is -3.81. The van der Waals surface area contributed by atoms with Gasteiger partial charge in [-0.3, -0.25) is 0 Å². The lowest BCUT2D eigenvalue weighted by atomic mass is 10.0. The van der Waals surface area contributed by atoms with E-state index in [9.17, 15) is 23.4 Å². The lowest BCUT2D eigenvalue weighted by Gasteiger charge is -2.18. The first-order chi connectivity index (χ1) is 17.9. The number of carboxylic acid groups (broad SMARTS) is 1. The highest BCUT2D eigenvalue weighted by Crippen LogP contribution is 2.25. The van der Waals surface area contributed by atoms with Crippen LogP contribution in [-0.2, 0) is 23.0 Å². The van der Waals surface area contributed by atoms with Crippen LogP contribution in [0, 0.1) is 0 Å². The molecule has 0 aliphatic carbocycles. The molecule has 0 radical (unpaired) electrons. The molecule has 4 rings (SSSR count). The highest BCUT2D eigenvalue weighted by Gasteiger charge is 2.17. The number of sulfonamides is 1. The van der Waals surface area contributed by atoms with Gasteiger partial charge in [0.25, 0.3) is 0 Å². The summed E-state index contributed by atoms with van der Waals surface area (Å²) < 4.78 is 24.7. The number of nitrogens with one attached hydrogen (secondary N) is 1. The van der Waals surface area contributed by atoms with Crippen LogP contribution in [0.1, 0.15) is 40.2 Å². The number of rotatable bonds is 10.